The molecule has 0 bridgehead atoms. The smallest absolute Gasteiger partial charge is 0.319 e. The number of carbonyl (C=O) groups excluding carboxylic acids is 2. The van der Waals surface area contributed by atoms with E-state index in [0.29, 0.717) is 23.8 Å². The lowest BCUT2D eigenvalue weighted by Crippen LogP contribution is -2.50. The summed E-state index contributed by atoms with van der Waals surface area (Å²) >= 11 is 5.85. The van der Waals surface area contributed by atoms with Crippen molar-refractivity contribution in [2.75, 3.05) is 18.4 Å². The average Bonchev–Trinajstić information content (AvgIpc) is 2.71. The maximum absolute atomic E-state index is 13.1. The van der Waals surface area contributed by atoms with E-state index in [2.05, 4.69) is 24.5 Å². The summed E-state index contributed by atoms with van der Waals surface area (Å²) in [5, 5.41) is 14.9. The van der Waals surface area contributed by atoms with Gasteiger partial charge in [-0.15, -0.1) is 0 Å². The number of aliphatic carboxylic acids is 1. The van der Waals surface area contributed by atoms with E-state index >= 15 is 0 Å². The first-order valence-electron chi connectivity index (χ1n) is 10.7. The molecule has 0 fully saturated rings. The molecule has 8 heteroatoms. The van der Waals surface area contributed by atoms with E-state index < -0.39 is 18.0 Å². The molecule has 3 N–H and O–H groups in total. The van der Waals surface area contributed by atoms with E-state index in [9.17, 15) is 14.4 Å². The van der Waals surface area contributed by atoms with Crippen molar-refractivity contribution in [3.8, 4) is 0 Å². The molecule has 0 spiro atoms. The molecular weight excluding hydrogens is 406 g/mol. The van der Waals surface area contributed by atoms with Crippen LogP contribution in [0.15, 0.2) is 24.3 Å². The van der Waals surface area contributed by atoms with Gasteiger partial charge >= 0.3 is 12.0 Å². The van der Waals surface area contributed by atoms with Gasteiger partial charge < -0.3 is 20.6 Å². The zero-order chi connectivity index (χ0) is 22.4. The molecule has 0 saturated heterocycles. The lowest BCUT2D eigenvalue weighted by atomic mass is 10.1. The Morgan fingerprint density at radius 3 is 2.07 bits per heavy atom. The van der Waals surface area contributed by atoms with Crippen LogP contribution in [0.2, 0.25) is 5.02 Å². The number of carboxylic acid groups (broad SMARTS) is 1. The number of urea groups is 1. The Morgan fingerprint density at radius 2 is 1.57 bits per heavy atom. The number of anilines is 1. The molecule has 0 radical (unpaired) electrons. The van der Waals surface area contributed by atoms with Crippen LogP contribution >= 0.6 is 11.6 Å². The van der Waals surface area contributed by atoms with Crippen LogP contribution in [-0.2, 0) is 9.59 Å². The van der Waals surface area contributed by atoms with E-state index in [4.69, 9.17) is 16.7 Å². The number of unbranched alkanes of at least 4 members (excludes halogenated alkanes) is 4. The topological polar surface area (TPSA) is 98.7 Å². The van der Waals surface area contributed by atoms with Crippen LogP contribution in [-0.4, -0.2) is 47.0 Å². The molecule has 0 aliphatic carbocycles. The van der Waals surface area contributed by atoms with Crippen molar-refractivity contribution in [1.82, 2.24) is 10.2 Å². The third-order valence-electron chi connectivity index (χ3n) is 4.73. The fourth-order valence-electron chi connectivity index (χ4n) is 3.04. The highest BCUT2D eigenvalue weighted by atomic mass is 35.5. The van der Waals surface area contributed by atoms with Crippen LogP contribution in [0, 0.1) is 0 Å². The Bertz CT molecular complexity index is 657. The molecule has 0 aliphatic heterocycles. The van der Waals surface area contributed by atoms with Gasteiger partial charge in [0.15, 0.2) is 0 Å². The summed E-state index contributed by atoms with van der Waals surface area (Å²) < 4.78 is 0. The monoisotopic (exact) mass is 439 g/mol. The molecule has 0 saturated carbocycles. The van der Waals surface area contributed by atoms with Crippen molar-refractivity contribution >= 4 is 35.2 Å². The van der Waals surface area contributed by atoms with Gasteiger partial charge in [0, 0.05) is 30.2 Å². The van der Waals surface area contributed by atoms with Gasteiger partial charge in [-0.2, -0.15) is 0 Å². The molecule has 0 unspecified atom stereocenters. The lowest BCUT2D eigenvalue weighted by Gasteiger charge is -2.28. The Kier molecular flexibility index (Phi) is 12.6. The molecule has 0 aromatic heterocycles. The van der Waals surface area contributed by atoms with Crippen molar-refractivity contribution in [3.63, 3.8) is 0 Å². The largest absolute Gasteiger partial charge is 0.481 e. The summed E-state index contributed by atoms with van der Waals surface area (Å²) in [5.74, 6) is -1.23. The van der Waals surface area contributed by atoms with Crippen molar-refractivity contribution in [2.24, 2.45) is 0 Å². The first kappa shape index (κ1) is 25.8. The van der Waals surface area contributed by atoms with Gasteiger partial charge in [-0.1, -0.05) is 51.1 Å². The Balaban J connectivity index is 2.83. The summed E-state index contributed by atoms with van der Waals surface area (Å²) in [6, 6.07) is 5.15. The zero-order valence-electron chi connectivity index (χ0n) is 18.0. The third kappa shape index (κ3) is 10.5. The molecule has 0 heterocycles. The lowest BCUT2D eigenvalue weighted by molar-refractivity contribution is -0.138. The maximum atomic E-state index is 13.1. The first-order chi connectivity index (χ1) is 14.4. The van der Waals surface area contributed by atoms with Crippen LogP contribution < -0.4 is 10.6 Å². The fraction of sp³-hybridized carbons (Fsp3) is 0.591. The van der Waals surface area contributed by atoms with Crippen LogP contribution in [0.4, 0.5) is 10.5 Å². The van der Waals surface area contributed by atoms with Crippen LogP contribution in [0.25, 0.3) is 0 Å². The SMILES string of the molecule is CCCCCN(CCCCC)C(=O)[C@@H](CCC(=O)O)NC(=O)Nc1ccc(Cl)cc1. The number of benzene rings is 1. The standard InChI is InChI=1S/C22H34ClN3O4/c1-3-5-7-15-26(16-8-6-4-2)21(29)19(13-14-20(27)28)25-22(30)24-18-11-9-17(23)10-12-18/h9-12,19H,3-8,13-16H2,1-2H3,(H,27,28)(H2,24,25,30)/t19-/m1/s1. The van der Waals surface area contributed by atoms with E-state index in [0.717, 1.165) is 38.5 Å². The highest BCUT2D eigenvalue weighted by Crippen LogP contribution is 2.14. The van der Waals surface area contributed by atoms with E-state index in [1.54, 1.807) is 29.2 Å². The second-order valence-corrected chi connectivity index (χ2v) is 7.77. The maximum Gasteiger partial charge on any atom is 0.319 e. The average molecular weight is 440 g/mol. The van der Waals surface area contributed by atoms with Gasteiger partial charge in [0.25, 0.3) is 0 Å². The third-order valence-corrected chi connectivity index (χ3v) is 4.98. The summed E-state index contributed by atoms with van der Waals surface area (Å²) in [4.78, 5) is 38.4. The number of rotatable bonds is 14. The Labute approximate surface area is 184 Å². The molecule has 1 rings (SSSR count). The predicted octanol–water partition coefficient (Wildman–Crippen LogP) is 4.90. The number of nitrogens with one attached hydrogen (secondary N) is 2. The van der Waals surface area contributed by atoms with Crippen molar-refractivity contribution < 1.29 is 19.5 Å². The van der Waals surface area contributed by atoms with Crippen LogP contribution in [0.5, 0.6) is 0 Å². The molecule has 1 aromatic rings. The fourth-order valence-corrected chi connectivity index (χ4v) is 3.17. The quantitative estimate of drug-likeness (QED) is 0.359. The normalized spacial score (nSPS) is 11.6. The summed E-state index contributed by atoms with van der Waals surface area (Å²) in [5.41, 5.74) is 0.532. The van der Waals surface area contributed by atoms with Crippen LogP contribution in [0.3, 0.4) is 0 Å². The van der Waals surface area contributed by atoms with E-state index in [1.807, 2.05) is 0 Å². The summed E-state index contributed by atoms with van der Waals surface area (Å²) in [7, 11) is 0. The minimum absolute atomic E-state index is 0.0419. The molecule has 0 aliphatic rings. The molecule has 168 valence electrons. The number of carboxylic acids is 1. The zero-order valence-corrected chi connectivity index (χ0v) is 18.7. The van der Waals surface area contributed by atoms with Gasteiger partial charge in [-0.25, -0.2) is 4.79 Å². The van der Waals surface area contributed by atoms with Crippen molar-refractivity contribution in [3.05, 3.63) is 29.3 Å². The van der Waals surface area contributed by atoms with Gasteiger partial charge in [-0.05, 0) is 43.5 Å². The molecule has 3 amide bonds. The highest BCUT2D eigenvalue weighted by Gasteiger charge is 2.26. The van der Waals surface area contributed by atoms with Crippen molar-refractivity contribution in [1.29, 1.82) is 0 Å². The number of halogens is 1. The number of hydrogen-bond donors (Lipinski definition) is 3. The highest BCUT2D eigenvalue weighted by molar-refractivity contribution is 6.30. The number of amides is 3. The minimum Gasteiger partial charge on any atom is -0.481 e. The molecule has 30 heavy (non-hydrogen) atoms. The Morgan fingerprint density at radius 1 is 1.00 bits per heavy atom. The van der Waals surface area contributed by atoms with E-state index in [1.165, 1.54) is 0 Å². The Hall–Kier alpha value is -2.28. The second kappa shape index (κ2) is 14.7. The van der Waals surface area contributed by atoms with Gasteiger partial charge in [0.1, 0.15) is 6.04 Å². The predicted molar refractivity (Wildman–Crippen MR) is 120 cm³/mol. The number of nitrogens with zero attached hydrogens (tertiary/aromatic N) is 1. The van der Waals surface area contributed by atoms with Gasteiger partial charge in [0.2, 0.25) is 5.91 Å². The van der Waals surface area contributed by atoms with Crippen molar-refractivity contribution in [2.45, 2.75) is 71.3 Å². The first-order valence-corrected chi connectivity index (χ1v) is 11.1. The second-order valence-electron chi connectivity index (χ2n) is 7.33. The minimum atomic E-state index is -1.00. The number of hydrogen-bond acceptors (Lipinski definition) is 3. The molecule has 1 aromatic carbocycles. The number of carbonyl (C=O) groups is 3. The summed E-state index contributed by atoms with van der Waals surface area (Å²) in [6.07, 6.45) is 5.73. The van der Waals surface area contributed by atoms with Gasteiger partial charge in [-0.3, -0.25) is 9.59 Å². The van der Waals surface area contributed by atoms with Crippen LogP contribution in [0.1, 0.15) is 65.2 Å². The van der Waals surface area contributed by atoms with Gasteiger partial charge in [0.05, 0.1) is 0 Å². The molecular formula is C22H34ClN3O4. The molecule has 1 atom stereocenters. The summed E-state index contributed by atoms with van der Waals surface area (Å²) in [6.45, 7) is 5.42. The molecule has 7 nitrogen and oxygen atoms in total. The van der Waals surface area contributed by atoms with E-state index in [-0.39, 0.29) is 18.7 Å².